The van der Waals surface area contributed by atoms with Crippen LogP contribution in [0.3, 0.4) is 0 Å². The highest BCUT2D eigenvalue weighted by atomic mass is 31.2. The van der Waals surface area contributed by atoms with E-state index in [0.29, 0.717) is 37.5 Å². The first-order chi connectivity index (χ1) is 42.6. The number of aliphatic hydroxyl groups is 1. The third kappa shape index (κ3) is 64.6. The second kappa shape index (κ2) is 59.8. The molecule has 0 radical (unpaired) electrons. The molecule has 5 atom stereocenters. The number of rotatable bonds is 67. The van der Waals surface area contributed by atoms with E-state index in [9.17, 15) is 43.2 Å². The highest BCUT2D eigenvalue weighted by molar-refractivity contribution is 7.47. The third-order valence-corrected chi connectivity index (χ3v) is 18.0. The highest BCUT2D eigenvalue weighted by Gasteiger charge is 2.30. The predicted octanol–water partition coefficient (Wildman–Crippen LogP) is 19.7. The molecule has 0 aromatic carbocycles. The number of carbonyl (C=O) groups is 4. The Balaban J connectivity index is 5.19. The maximum atomic E-state index is 13.0. The van der Waals surface area contributed by atoms with Gasteiger partial charge >= 0.3 is 39.5 Å². The van der Waals surface area contributed by atoms with Crippen LogP contribution in [0.1, 0.15) is 344 Å². The zero-order valence-electron chi connectivity index (χ0n) is 58.1. The Morgan fingerprint density at radius 1 is 0.281 bits per heavy atom. The van der Waals surface area contributed by atoms with Gasteiger partial charge in [0, 0.05) is 25.7 Å². The maximum absolute atomic E-state index is 13.0. The van der Waals surface area contributed by atoms with Crippen molar-refractivity contribution >= 4 is 39.5 Å². The number of hydrogen-bond acceptors (Lipinski definition) is 15. The highest BCUT2D eigenvalue weighted by Crippen LogP contribution is 2.45. The Hall–Kier alpha value is -1.94. The molecule has 0 rings (SSSR count). The van der Waals surface area contributed by atoms with Gasteiger partial charge in [0.1, 0.15) is 19.3 Å². The van der Waals surface area contributed by atoms with E-state index in [1.54, 1.807) is 0 Å². The van der Waals surface area contributed by atoms with Crippen molar-refractivity contribution in [3.8, 4) is 0 Å². The lowest BCUT2D eigenvalue weighted by Gasteiger charge is -2.21. The van der Waals surface area contributed by atoms with Gasteiger partial charge in [0.15, 0.2) is 12.2 Å². The molecule has 0 aliphatic heterocycles. The summed E-state index contributed by atoms with van der Waals surface area (Å²) in [5.41, 5.74) is 0. The van der Waals surface area contributed by atoms with Gasteiger partial charge in [-0.1, -0.05) is 293 Å². The van der Waals surface area contributed by atoms with E-state index in [1.807, 2.05) is 0 Å². The number of hydrogen-bond donors (Lipinski definition) is 3. The van der Waals surface area contributed by atoms with E-state index < -0.39 is 97.5 Å². The van der Waals surface area contributed by atoms with Crippen molar-refractivity contribution in [2.45, 2.75) is 363 Å². The largest absolute Gasteiger partial charge is 0.472 e. The Kier molecular flexibility index (Phi) is 58.5. The van der Waals surface area contributed by atoms with Gasteiger partial charge in [0.2, 0.25) is 0 Å². The van der Waals surface area contributed by atoms with Gasteiger partial charge in [-0.2, -0.15) is 0 Å². The molecule has 3 N–H and O–H groups in total. The Bertz CT molecular complexity index is 1760. The van der Waals surface area contributed by atoms with Crippen LogP contribution in [0.15, 0.2) is 0 Å². The van der Waals surface area contributed by atoms with Gasteiger partial charge in [-0.15, -0.1) is 0 Å². The molecule has 0 fully saturated rings. The van der Waals surface area contributed by atoms with Crippen LogP contribution < -0.4 is 0 Å². The molecule has 0 aromatic rings. The monoisotopic (exact) mass is 1310 g/mol. The molecule has 19 heteroatoms. The van der Waals surface area contributed by atoms with Gasteiger partial charge in [-0.25, -0.2) is 9.13 Å². The molecule has 2 unspecified atom stereocenters. The van der Waals surface area contributed by atoms with Crippen LogP contribution in [0.2, 0.25) is 0 Å². The SMILES string of the molecule is CC(C)CCCCCCCCCCCCCCCCCC(=O)OC[C@H](COP(=O)(O)OC[C@@H](O)COP(=O)(O)OC[C@@H](COC(=O)CCCCCCCCC(C)C)OC(=O)CCCCCCCCC(C)C)OC(=O)CCCCCCCCCCCCC(C)C. The summed E-state index contributed by atoms with van der Waals surface area (Å²) in [6.07, 6.45) is 42.1. The molecule has 0 aliphatic rings. The molecule has 0 aliphatic carbocycles. The first kappa shape index (κ1) is 87.1. The lowest BCUT2D eigenvalue weighted by atomic mass is 10.0. The minimum absolute atomic E-state index is 0.101. The minimum atomic E-state index is -4.95. The van der Waals surface area contributed by atoms with Crippen LogP contribution in [0, 0.1) is 23.7 Å². The summed E-state index contributed by atoms with van der Waals surface area (Å²) < 4.78 is 68.2. The second-order valence-corrected chi connectivity index (χ2v) is 30.1. The Morgan fingerprint density at radius 2 is 0.472 bits per heavy atom. The van der Waals surface area contributed by atoms with E-state index in [0.717, 1.165) is 108 Å². The Morgan fingerprint density at radius 3 is 0.697 bits per heavy atom. The summed E-state index contributed by atoms with van der Waals surface area (Å²) in [4.78, 5) is 72.4. The van der Waals surface area contributed by atoms with E-state index in [-0.39, 0.29) is 25.7 Å². The lowest BCUT2D eigenvalue weighted by Crippen LogP contribution is -2.30. The van der Waals surface area contributed by atoms with E-state index in [4.69, 9.17) is 37.0 Å². The van der Waals surface area contributed by atoms with E-state index >= 15 is 0 Å². The Labute approximate surface area is 543 Å². The average molecular weight is 1310 g/mol. The number of phosphoric ester groups is 2. The maximum Gasteiger partial charge on any atom is 0.472 e. The van der Waals surface area contributed by atoms with Gasteiger partial charge in [-0.3, -0.25) is 37.3 Å². The molecular formula is C70H136O17P2. The number of ether oxygens (including phenoxy) is 4. The number of phosphoric acid groups is 2. The smallest absolute Gasteiger partial charge is 0.462 e. The zero-order valence-corrected chi connectivity index (χ0v) is 59.8. The van der Waals surface area contributed by atoms with Gasteiger partial charge in [-0.05, 0) is 49.4 Å². The number of aliphatic hydroxyl groups excluding tert-OH is 1. The van der Waals surface area contributed by atoms with Gasteiger partial charge in [0.25, 0.3) is 0 Å². The van der Waals surface area contributed by atoms with Crippen LogP contribution in [-0.2, 0) is 65.4 Å². The van der Waals surface area contributed by atoms with Crippen LogP contribution in [0.4, 0.5) is 0 Å². The standard InChI is InChI=1S/C70H136O17P2/c1-60(2)46-38-30-22-18-14-12-10-9-11-13-15-20-24-34-42-50-67(72)80-56-65(86-69(74)52-44-36-25-21-17-16-19-23-31-39-47-61(3)4)58-84-88(76,77)82-54-64(71)55-83-89(78,79)85-59-66(87-70(75)53-45-37-29-27-33-41-49-63(7)8)57-81-68(73)51-43-35-28-26-32-40-48-62(5)6/h60-66,71H,9-59H2,1-8H3,(H,76,77)(H,78,79)/t64-,65-,66-/m1/s1. The van der Waals surface area contributed by atoms with Crippen molar-refractivity contribution in [3.63, 3.8) is 0 Å². The van der Waals surface area contributed by atoms with Crippen molar-refractivity contribution in [2.75, 3.05) is 39.6 Å². The van der Waals surface area contributed by atoms with Crippen molar-refractivity contribution in [2.24, 2.45) is 23.7 Å². The minimum Gasteiger partial charge on any atom is -0.462 e. The molecule has 17 nitrogen and oxygen atoms in total. The normalized spacial score (nSPS) is 14.3. The summed E-state index contributed by atoms with van der Waals surface area (Å²) in [6, 6.07) is 0. The van der Waals surface area contributed by atoms with Crippen LogP contribution in [0.25, 0.3) is 0 Å². The molecule has 0 saturated heterocycles. The van der Waals surface area contributed by atoms with Crippen LogP contribution in [-0.4, -0.2) is 96.7 Å². The number of esters is 4. The fourth-order valence-electron chi connectivity index (χ4n) is 10.5. The second-order valence-electron chi connectivity index (χ2n) is 27.2. The number of unbranched alkanes of at least 4 members (excludes halogenated alkanes) is 33. The van der Waals surface area contributed by atoms with E-state index in [2.05, 4.69) is 55.4 Å². The molecule has 0 saturated carbocycles. The molecule has 89 heavy (non-hydrogen) atoms. The molecule has 0 heterocycles. The first-order valence-corrected chi connectivity index (χ1v) is 39.2. The van der Waals surface area contributed by atoms with E-state index in [1.165, 1.54) is 141 Å². The summed E-state index contributed by atoms with van der Waals surface area (Å²) in [7, 11) is -9.90. The van der Waals surface area contributed by atoms with Crippen molar-refractivity contribution < 1.29 is 80.2 Å². The zero-order chi connectivity index (χ0) is 66.1. The summed E-state index contributed by atoms with van der Waals surface area (Å²) in [5, 5.41) is 10.6. The van der Waals surface area contributed by atoms with Crippen molar-refractivity contribution in [1.82, 2.24) is 0 Å². The molecule has 528 valence electrons. The molecule has 0 bridgehead atoms. The topological polar surface area (TPSA) is 237 Å². The molecular weight excluding hydrogens is 1170 g/mol. The summed E-state index contributed by atoms with van der Waals surface area (Å²) in [6.45, 7) is 14.0. The summed E-state index contributed by atoms with van der Waals surface area (Å²) >= 11 is 0. The molecule has 0 spiro atoms. The number of carbonyl (C=O) groups excluding carboxylic acids is 4. The van der Waals surface area contributed by atoms with Crippen molar-refractivity contribution in [1.29, 1.82) is 0 Å². The van der Waals surface area contributed by atoms with Crippen LogP contribution in [0.5, 0.6) is 0 Å². The summed E-state index contributed by atoms with van der Waals surface area (Å²) in [5.74, 6) is 0.771. The lowest BCUT2D eigenvalue weighted by molar-refractivity contribution is -0.161. The first-order valence-electron chi connectivity index (χ1n) is 36.2. The fourth-order valence-corrected chi connectivity index (χ4v) is 12.1. The molecule has 0 amide bonds. The third-order valence-electron chi connectivity index (χ3n) is 16.1. The predicted molar refractivity (Wildman–Crippen MR) is 358 cm³/mol. The average Bonchev–Trinajstić information content (AvgIpc) is 3.54. The van der Waals surface area contributed by atoms with Gasteiger partial charge in [0.05, 0.1) is 26.4 Å². The fraction of sp³-hybridized carbons (Fsp3) is 0.943. The quantitative estimate of drug-likeness (QED) is 0.0222. The van der Waals surface area contributed by atoms with Crippen molar-refractivity contribution in [3.05, 3.63) is 0 Å². The van der Waals surface area contributed by atoms with Crippen LogP contribution >= 0.6 is 15.6 Å². The molecule has 0 aromatic heterocycles. The van der Waals surface area contributed by atoms with Gasteiger partial charge < -0.3 is 33.8 Å².